The molecule has 1 atom stereocenters. The standard InChI is InChI=1S/C23H28N2O7S/c1-17(8-9-18-6-3-2-4-7-18)25-22(26)16-32-23(27)15-24-33(28,29)19-10-11-20-21(14-19)31-13-5-12-30-20/h2-4,6-7,10-11,14,17,24H,5,8-9,12-13,15-16H2,1H3,(H,25,26). The van der Waals surface area contributed by atoms with E-state index in [1.54, 1.807) is 0 Å². The fourth-order valence-corrected chi connectivity index (χ4v) is 4.15. The fourth-order valence-electron chi connectivity index (χ4n) is 3.16. The summed E-state index contributed by atoms with van der Waals surface area (Å²) >= 11 is 0. The van der Waals surface area contributed by atoms with Crippen LogP contribution < -0.4 is 19.5 Å². The predicted molar refractivity (Wildman–Crippen MR) is 121 cm³/mol. The highest BCUT2D eigenvalue weighted by molar-refractivity contribution is 7.89. The summed E-state index contributed by atoms with van der Waals surface area (Å²) in [6.45, 7) is 1.69. The number of hydrogen-bond acceptors (Lipinski definition) is 7. The van der Waals surface area contributed by atoms with Crippen molar-refractivity contribution in [3.8, 4) is 11.5 Å². The average Bonchev–Trinajstić information content (AvgIpc) is 3.06. The van der Waals surface area contributed by atoms with Crippen LogP contribution in [0.4, 0.5) is 0 Å². The first-order chi connectivity index (χ1) is 15.8. The second kappa shape index (κ2) is 11.7. The molecule has 178 valence electrons. The summed E-state index contributed by atoms with van der Waals surface area (Å²) in [5, 5.41) is 2.76. The van der Waals surface area contributed by atoms with Gasteiger partial charge >= 0.3 is 5.97 Å². The number of sulfonamides is 1. The maximum atomic E-state index is 12.5. The molecule has 2 aromatic carbocycles. The minimum atomic E-state index is -3.98. The topological polar surface area (TPSA) is 120 Å². The highest BCUT2D eigenvalue weighted by Gasteiger charge is 2.20. The molecule has 0 fully saturated rings. The monoisotopic (exact) mass is 476 g/mol. The minimum Gasteiger partial charge on any atom is -0.490 e. The summed E-state index contributed by atoms with van der Waals surface area (Å²) in [4.78, 5) is 23.9. The van der Waals surface area contributed by atoms with Crippen molar-refractivity contribution in [2.75, 3.05) is 26.4 Å². The van der Waals surface area contributed by atoms with E-state index in [9.17, 15) is 18.0 Å². The number of fused-ring (bicyclic) bond motifs is 1. The first-order valence-corrected chi connectivity index (χ1v) is 12.2. The molecule has 0 bridgehead atoms. The lowest BCUT2D eigenvalue weighted by atomic mass is 10.1. The van der Waals surface area contributed by atoms with Gasteiger partial charge in [0, 0.05) is 18.5 Å². The van der Waals surface area contributed by atoms with Crippen LogP contribution in [-0.2, 0) is 30.8 Å². The Balaban J connectivity index is 1.40. The lowest BCUT2D eigenvalue weighted by molar-refractivity contribution is -0.147. The Kier molecular flexibility index (Phi) is 8.67. The molecule has 0 aliphatic carbocycles. The van der Waals surface area contributed by atoms with Crippen LogP contribution in [0.3, 0.4) is 0 Å². The number of esters is 1. The molecular formula is C23H28N2O7S. The van der Waals surface area contributed by atoms with Crippen LogP contribution in [0.25, 0.3) is 0 Å². The first-order valence-electron chi connectivity index (χ1n) is 10.7. The molecule has 0 aromatic heterocycles. The van der Waals surface area contributed by atoms with Gasteiger partial charge in [0.15, 0.2) is 18.1 Å². The van der Waals surface area contributed by atoms with Crippen molar-refractivity contribution in [3.05, 3.63) is 54.1 Å². The maximum Gasteiger partial charge on any atom is 0.321 e. The molecule has 0 radical (unpaired) electrons. The molecule has 1 amide bonds. The van der Waals surface area contributed by atoms with E-state index in [0.29, 0.717) is 31.1 Å². The van der Waals surface area contributed by atoms with Crippen molar-refractivity contribution in [1.82, 2.24) is 10.0 Å². The van der Waals surface area contributed by atoms with Gasteiger partial charge < -0.3 is 19.5 Å². The molecule has 0 saturated heterocycles. The van der Waals surface area contributed by atoms with Crippen molar-refractivity contribution in [2.24, 2.45) is 0 Å². The van der Waals surface area contributed by atoms with Crippen LogP contribution in [0, 0.1) is 0 Å². The summed E-state index contributed by atoms with van der Waals surface area (Å²) in [5.74, 6) is -0.513. The quantitative estimate of drug-likeness (QED) is 0.502. The summed E-state index contributed by atoms with van der Waals surface area (Å²) in [5.41, 5.74) is 1.17. The molecule has 33 heavy (non-hydrogen) atoms. The van der Waals surface area contributed by atoms with Gasteiger partial charge in [0.25, 0.3) is 5.91 Å². The molecule has 10 heteroatoms. The number of amides is 1. The second-order valence-electron chi connectivity index (χ2n) is 7.64. The molecule has 9 nitrogen and oxygen atoms in total. The normalized spacial score (nSPS) is 14.1. The second-order valence-corrected chi connectivity index (χ2v) is 9.40. The summed E-state index contributed by atoms with van der Waals surface area (Å²) < 4.78 is 43.0. The largest absolute Gasteiger partial charge is 0.490 e. The molecule has 0 saturated carbocycles. The zero-order valence-corrected chi connectivity index (χ0v) is 19.2. The number of carbonyl (C=O) groups is 2. The zero-order valence-electron chi connectivity index (χ0n) is 18.4. The van der Waals surface area contributed by atoms with E-state index in [2.05, 4.69) is 10.0 Å². The Bertz CT molecular complexity index is 1060. The predicted octanol–water partition coefficient (Wildman–Crippen LogP) is 1.81. The van der Waals surface area contributed by atoms with E-state index >= 15 is 0 Å². The molecule has 1 heterocycles. The van der Waals surface area contributed by atoms with Crippen LogP contribution in [0.15, 0.2) is 53.4 Å². The van der Waals surface area contributed by atoms with Crippen molar-refractivity contribution in [1.29, 1.82) is 0 Å². The molecule has 2 N–H and O–H groups in total. The van der Waals surface area contributed by atoms with E-state index in [1.165, 1.54) is 23.8 Å². The number of benzene rings is 2. The molecule has 2 aromatic rings. The first kappa shape index (κ1) is 24.5. The van der Waals surface area contributed by atoms with Crippen molar-refractivity contribution in [3.63, 3.8) is 0 Å². The van der Waals surface area contributed by atoms with Crippen LogP contribution in [0.1, 0.15) is 25.3 Å². The molecule has 1 unspecified atom stereocenters. The van der Waals surface area contributed by atoms with Gasteiger partial charge in [-0.2, -0.15) is 4.72 Å². The summed E-state index contributed by atoms with van der Waals surface area (Å²) in [7, 11) is -3.98. The van der Waals surface area contributed by atoms with Gasteiger partial charge in [0.2, 0.25) is 10.0 Å². The smallest absolute Gasteiger partial charge is 0.321 e. The van der Waals surface area contributed by atoms with Crippen LogP contribution in [0.5, 0.6) is 11.5 Å². The number of nitrogens with one attached hydrogen (secondary N) is 2. The van der Waals surface area contributed by atoms with E-state index < -0.39 is 35.1 Å². The zero-order chi connectivity index (χ0) is 23.7. The lowest BCUT2D eigenvalue weighted by Gasteiger charge is -2.14. The van der Waals surface area contributed by atoms with E-state index in [4.69, 9.17) is 14.2 Å². The third-order valence-corrected chi connectivity index (χ3v) is 6.32. The Morgan fingerprint density at radius 2 is 1.79 bits per heavy atom. The van der Waals surface area contributed by atoms with Crippen LogP contribution in [-0.4, -0.2) is 52.7 Å². The Morgan fingerprint density at radius 1 is 1.06 bits per heavy atom. The Labute approximate surface area is 193 Å². The molecule has 3 rings (SSSR count). The SMILES string of the molecule is CC(CCc1ccccc1)NC(=O)COC(=O)CNS(=O)(=O)c1ccc2c(c1)OCCCO2. The van der Waals surface area contributed by atoms with Crippen molar-refractivity contribution >= 4 is 21.9 Å². The van der Waals surface area contributed by atoms with Gasteiger partial charge in [-0.3, -0.25) is 9.59 Å². The Morgan fingerprint density at radius 3 is 2.55 bits per heavy atom. The number of hydrogen-bond donors (Lipinski definition) is 2. The maximum absolute atomic E-state index is 12.5. The molecule has 1 aliphatic rings. The average molecular weight is 477 g/mol. The van der Waals surface area contributed by atoms with Gasteiger partial charge in [-0.25, -0.2) is 8.42 Å². The summed E-state index contributed by atoms with van der Waals surface area (Å²) in [6, 6.07) is 14.0. The lowest BCUT2D eigenvalue weighted by Crippen LogP contribution is -2.37. The fraction of sp³-hybridized carbons (Fsp3) is 0.391. The Hall–Kier alpha value is -3.11. The van der Waals surface area contributed by atoms with Crippen LogP contribution in [0.2, 0.25) is 0 Å². The third kappa shape index (κ3) is 7.76. The van der Waals surface area contributed by atoms with Gasteiger partial charge in [0.1, 0.15) is 6.54 Å². The highest BCUT2D eigenvalue weighted by Crippen LogP contribution is 2.31. The molecular weight excluding hydrogens is 448 g/mol. The molecule has 1 aliphatic heterocycles. The number of aryl methyl sites for hydroxylation is 1. The summed E-state index contributed by atoms with van der Waals surface area (Å²) in [6.07, 6.45) is 2.24. The molecule has 0 spiro atoms. The van der Waals surface area contributed by atoms with Gasteiger partial charge in [0.05, 0.1) is 18.1 Å². The number of rotatable bonds is 10. The van der Waals surface area contributed by atoms with E-state index in [0.717, 1.165) is 12.8 Å². The number of carbonyl (C=O) groups excluding carboxylic acids is 2. The van der Waals surface area contributed by atoms with Gasteiger partial charge in [-0.1, -0.05) is 30.3 Å². The van der Waals surface area contributed by atoms with Crippen molar-refractivity contribution in [2.45, 2.75) is 37.1 Å². The van der Waals surface area contributed by atoms with E-state index in [-0.39, 0.29) is 10.9 Å². The highest BCUT2D eigenvalue weighted by atomic mass is 32.2. The van der Waals surface area contributed by atoms with Crippen LogP contribution >= 0.6 is 0 Å². The minimum absolute atomic E-state index is 0.0652. The van der Waals surface area contributed by atoms with Gasteiger partial charge in [-0.15, -0.1) is 0 Å². The van der Waals surface area contributed by atoms with E-state index in [1.807, 2.05) is 37.3 Å². The number of ether oxygens (including phenoxy) is 3. The van der Waals surface area contributed by atoms with Gasteiger partial charge in [-0.05, 0) is 37.5 Å². The third-order valence-electron chi connectivity index (χ3n) is 4.92. The van der Waals surface area contributed by atoms with Crippen molar-refractivity contribution < 1.29 is 32.2 Å².